The van der Waals surface area contributed by atoms with Crippen LogP contribution in [0.1, 0.15) is 71.1 Å². The van der Waals surface area contributed by atoms with Crippen LogP contribution >= 0.6 is 11.6 Å². The number of hydrogen-bond donors (Lipinski definition) is 0. The number of rotatable bonds is 4. The smallest absolute Gasteiger partial charge is 0.309 e. The molecule has 0 amide bonds. The zero-order valence-electron chi connectivity index (χ0n) is 12.1. The first-order chi connectivity index (χ1) is 9.19. The van der Waals surface area contributed by atoms with Crippen LogP contribution in [-0.4, -0.2) is 17.5 Å². The summed E-state index contributed by atoms with van der Waals surface area (Å²) < 4.78 is 5.68. The molecule has 2 saturated carbocycles. The Morgan fingerprint density at radius 2 is 1.68 bits per heavy atom. The molecule has 0 N–H and O–H groups in total. The number of carbonyl (C=O) groups excluding carboxylic acids is 1. The summed E-state index contributed by atoms with van der Waals surface area (Å²) in [6.07, 6.45) is 11.1. The topological polar surface area (TPSA) is 26.3 Å². The number of ether oxygens (including phenoxy) is 1. The SMILES string of the molecule is CCCC1CCC(C(=O)OC2CCC(Cl)CC2)CC1. The fourth-order valence-corrected chi connectivity index (χ4v) is 3.75. The molecule has 0 spiro atoms. The number of esters is 1. The van der Waals surface area contributed by atoms with Crippen LogP contribution in [0.2, 0.25) is 0 Å². The van der Waals surface area contributed by atoms with Crippen LogP contribution < -0.4 is 0 Å². The second-order valence-electron chi connectivity index (χ2n) is 6.32. The Bertz CT molecular complexity index is 276. The van der Waals surface area contributed by atoms with Crippen LogP contribution in [0, 0.1) is 11.8 Å². The molecule has 0 aromatic rings. The van der Waals surface area contributed by atoms with Crippen LogP contribution in [0.4, 0.5) is 0 Å². The Morgan fingerprint density at radius 3 is 2.26 bits per heavy atom. The van der Waals surface area contributed by atoms with Crippen molar-refractivity contribution in [2.75, 3.05) is 0 Å². The van der Waals surface area contributed by atoms with Crippen LogP contribution in [0.25, 0.3) is 0 Å². The van der Waals surface area contributed by atoms with Crippen LogP contribution in [-0.2, 0) is 9.53 Å². The van der Waals surface area contributed by atoms with E-state index in [9.17, 15) is 4.79 Å². The zero-order valence-corrected chi connectivity index (χ0v) is 12.8. The number of carbonyl (C=O) groups is 1. The highest BCUT2D eigenvalue weighted by Gasteiger charge is 2.30. The summed E-state index contributed by atoms with van der Waals surface area (Å²) in [6.45, 7) is 2.24. The molecule has 0 heterocycles. The Morgan fingerprint density at radius 1 is 1.05 bits per heavy atom. The molecule has 2 fully saturated rings. The van der Waals surface area contributed by atoms with E-state index in [1.165, 1.54) is 25.7 Å². The molecular weight excluding hydrogens is 260 g/mol. The maximum atomic E-state index is 12.2. The van der Waals surface area contributed by atoms with Crippen molar-refractivity contribution in [1.82, 2.24) is 0 Å². The first-order valence-corrected chi connectivity index (χ1v) is 8.47. The van der Waals surface area contributed by atoms with Gasteiger partial charge in [-0.3, -0.25) is 4.79 Å². The van der Waals surface area contributed by atoms with Crippen LogP contribution in [0.3, 0.4) is 0 Å². The molecule has 0 atom stereocenters. The van der Waals surface area contributed by atoms with E-state index in [-0.39, 0.29) is 18.0 Å². The van der Waals surface area contributed by atoms with E-state index in [1.54, 1.807) is 0 Å². The lowest BCUT2D eigenvalue weighted by Gasteiger charge is -2.30. The van der Waals surface area contributed by atoms with Crippen molar-refractivity contribution in [1.29, 1.82) is 0 Å². The standard InChI is InChI=1S/C16H27ClO2/c1-2-3-12-4-6-13(7-5-12)16(18)19-15-10-8-14(17)9-11-15/h12-15H,2-11H2,1H3. The first kappa shape index (κ1) is 15.2. The Balaban J connectivity index is 1.69. The van der Waals surface area contributed by atoms with Gasteiger partial charge in [-0.25, -0.2) is 0 Å². The average molecular weight is 287 g/mol. The quantitative estimate of drug-likeness (QED) is 0.554. The summed E-state index contributed by atoms with van der Waals surface area (Å²) >= 11 is 6.07. The largest absolute Gasteiger partial charge is 0.462 e. The van der Waals surface area contributed by atoms with Gasteiger partial charge in [-0.15, -0.1) is 11.6 Å². The lowest BCUT2D eigenvalue weighted by atomic mass is 9.80. The van der Waals surface area contributed by atoms with E-state index in [4.69, 9.17) is 16.3 Å². The van der Waals surface area contributed by atoms with Gasteiger partial charge in [-0.2, -0.15) is 0 Å². The van der Waals surface area contributed by atoms with Gasteiger partial charge in [-0.05, 0) is 57.3 Å². The Kier molecular flexibility index (Phi) is 6.00. The molecule has 3 heteroatoms. The van der Waals surface area contributed by atoms with E-state index in [0.29, 0.717) is 5.38 Å². The lowest BCUT2D eigenvalue weighted by Crippen LogP contribution is -2.30. The van der Waals surface area contributed by atoms with Crippen molar-refractivity contribution in [3.8, 4) is 0 Å². The Hall–Kier alpha value is -0.240. The van der Waals surface area contributed by atoms with Crippen LogP contribution in [0.15, 0.2) is 0 Å². The second-order valence-corrected chi connectivity index (χ2v) is 6.93. The third kappa shape index (κ3) is 4.66. The first-order valence-electron chi connectivity index (χ1n) is 8.03. The van der Waals surface area contributed by atoms with Gasteiger partial charge in [0.1, 0.15) is 6.10 Å². The molecule has 0 aromatic carbocycles. The van der Waals surface area contributed by atoms with Crippen molar-refractivity contribution >= 4 is 17.6 Å². The third-order valence-corrected chi connectivity index (χ3v) is 5.20. The van der Waals surface area contributed by atoms with E-state index >= 15 is 0 Å². The van der Waals surface area contributed by atoms with E-state index in [2.05, 4.69) is 6.92 Å². The fraction of sp³-hybridized carbons (Fsp3) is 0.938. The molecule has 2 rings (SSSR count). The highest BCUT2D eigenvalue weighted by atomic mass is 35.5. The predicted octanol–water partition coefficient (Wildman–Crippen LogP) is 4.69. The van der Waals surface area contributed by atoms with Gasteiger partial charge in [0.2, 0.25) is 0 Å². The maximum Gasteiger partial charge on any atom is 0.309 e. The Labute approximate surface area is 122 Å². The zero-order chi connectivity index (χ0) is 13.7. The van der Waals surface area contributed by atoms with Crippen molar-refractivity contribution in [3.05, 3.63) is 0 Å². The molecule has 0 aromatic heterocycles. The summed E-state index contributed by atoms with van der Waals surface area (Å²) in [7, 11) is 0. The molecule has 19 heavy (non-hydrogen) atoms. The molecule has 0 bridgehead atoms. The third-order valence-electron chi connectivity index (χ3n) is 4.76. The van der Waals surface area contributed by atoms with Crippen molar-refractivity contribution in [2.45, 2.75) is 82.6 Å². The van der Waals surface area contributed by atoms with E-state index in [1.807, 2.05) is 0 Å². The summed E-state index contributed by atoms with van der Waals surface area (Å²) in [4.78, 5) is 12.2. The molecule has 110 valence electrons. The maximum absolute atomic E-state index is 12.2. The fourth-order valence-electron chi connectivity index (χ4n) is 3.50. The summed E-state index contributed by atoms with van der Waals surface area (Å²) in [6, 6.07) is 0. The monoisotopic (exact) mass is 286 g/mol. The highest BCUT2D eigenvalue weighted by Crippen LogP contribution is 2.33. The minimum absolute atomic E-state index is 0.0629. The van der Waals surface area contributed by atoms with Gasteiger partial charge >= 0.3 is 5.97 Å². The number of alkyl halides is 1. The second kappa shape index (κ2) is 7.52. The van der Waals surface area contributed by atoms with Crippen molar-refractivity contribution < 1.29 is 9.53 Å². The highest BCUT2D eigenvalue weighted by molar-refractivity contribution is 6.20. The van der Waals surface area contributed by atoms with Gasteiger partial charge in [0.25, 0.3) is 0 Å². The van der Waals surface area contributed by atoms with Gasteiger partial charge < -0.3 is 4.74 Å². The van der Waals surface area contributed by atoms with E-state index < -0.39 is 0 Å². The van der Waals surface area contributed by atoms with Gasteiger partial charge in [0, 0.05) is 5.38 Å². The van der Waals surface area contributed by atoms with Gasteiger partial charge in [0.05, 0.1) is 5.92 Å². The van der Waals surface area contributed by atoms with Crippen molar-refractivity contribution in [2.24, 2.45) is 11.8 Å². The summed E-state index contributed by atoms with van der Waals surface area (Å²) in [5.74, 6) is 1.08. The molecule has 2 aliphatic carbocycles. The molecule has 2 aliphatic rings. The minimum atomic E-state index is 0.0629. The molecule has 0 unspecified atom stereocenters. The van der Waals surface area contributed by atoms with Gasteiger partial charge in [-0.1, -0.05) is 19.8 Å². The van der Waals surface area contributed by atoms with Gasteiger partial charge in [0.15, 0.2) is 0 Å². The summed E-state index contributed by atoms with van der Waals surface area (Å²) in [5.41, 5.74) is 0. The molecule has 0 radical (unpaired) electrons. The molecule has 0 aliphatic heterocycles. The lowest BCUT2D eigenvalue weighted by molar-refractivity contribution is -0.157. The molecular formula is C16H27ClO2. The minimum Gasteiger partial charge on any atom is -0.462 e. The number of hydrogen-bond acceptors (Lipinski definition) is 2. The number of halogens is 1. The molecule has 2 nitrogen and oxygen atoms in total. The average Bonchev–Trinajstić information content (AvgIpc) is 2.42. The predicted molar refractivity (Wildman–Crippen MR) is 78.3 cm³/mol. The van der Waals surface area contributed by atoms with E-state index in [0.717, 1.165) is 44.4 Å². The normalized spacial score (nSPS) is 35.9. The van der Waals surface area contributed by atoms with Crippen LogP contribution in [0.5, 0.6) is 0 Å². The molecule has 0 saturated heterocycles. The summed E-state index contributed by atoms with van der Waals surface area (Å²) in [5, 5.41) is 0.291. The van der Waals surface area contributed by atoms with Crippen molar-refractivity contribution in [3.63, 3.8) is 0 Å².